The van der Waals surface area contributed by atoms with E-state index in [0.29, 0.717) is 11.6 Å². The summed E-state index contributed by atoms with van der Waals surface area (Å²) >= 11 is 0. The van der Waals surface area contributed by atoms with Gasteiger partial charge in [-0.05, 0) is 44.2 Å². The molecule has 122 valence electrons. The summed E-state index contributed by atoms with van der Waals surface area (Å²) in [6.45, 7) is 4.97. The number of piperidine rings is 1. The van der Waals surface area contributed by atoms with Crippen molar-refractivity contribution in [3.63, 3.8) is 0 Å². The van der Waals surface area contributed by atoms with Gasteiger partial charge < -0.3 is 15.0 Å². The number of nitrogens with one attached hydrogen (secondary N) is 1. The van der Waals surface area contributed by atoms with Crippen LogP contribution in [-0.4, -0.2) is 59.5 Å². The van der Waals surface area contributed by atoms with E-state index in [4.69, 9.17) is 4.74 Å². The molecule has 2 aliphatic heterocycles. The van der Waals surface area contributed by atoms with E-state index in [9.17, 15) is 4.79 Å². The number of nitrogens with zero attached hydrogens (tertiary/aromatic N) is 3. The van der Waals surface area contributed by atoms with E-state index in [1.54, 1.807) is 16.9 Å². The number of aryl methyl sites for hydroxylation is 1. The highest BCUT2D eigenvalue weighted by Crippen LogP contribution is 2.18. The van der Waals surface area contributed by atoms with Crippen molar-refractivity contribution >= 4 is 5.91 Å². The number of likely N-dealkylation sites (tertiary alicyclic amines) is 1. The van der Waals surface area contributed by atoms with Crippen LogP contribution in [0.2, 0.25) is 0 Å². The zero-order valence-corrected chi connectivity index (χ0v) is 13.3. The van der Waals surface area contributed by atoms with Gasteiger partial charge >= 0.3 is 0 Å². The smallest absolute Gasteiger partial charge is 0.272 e. The minimum Gasteiger partial charge on any atom is -0.381 e. The SMILES string of the molecule is Cn1ccc(C(=O)NC2CCCN(CC3CCCOC3)C2)n1. The molecule has 1 aromatic rings. The van der Waals surface area contributed by atoms with Gasteiger partial charge in [-0.25, -0.2) is 0 Å². The van der Waals surface area contributed by atoms with Crippen molar-refractivity contribution in [2.24, 2.45) is 13.0 Å². The van der Waals surface area contributed by atoms with Crippen molar-refractivity contribution in [3.05, 3.63) is 18.0 Å². The fraction of sp³-hybridized carbons (Fsp3) is 0.750. The van der Waals surface area contributed by atoms with Crippen LogP contribution in [0.1, 0.15) is 36.2 Å². The van der Waals surface area contributed by atoms with Gasteiger partial charge in [-0.3, -0.25) is 9.48 Å². The van der Waals surface area contributed by atoms with Crippen LogP contribution in [0, 0.1) is 5.92 Å². The van der Waals surface area contributed by atoms with Crippen LogP contribution in [0.5, 0.6) is 0 Å². The van der Waals surface area contributed by atoms with Crippen molar-refractivity contribution in [1.82, 2.24) is 20.0 Å². The lowest BCUT2D eigenvalue weighted by Gasteiger charge is -2.36. The van der Waals surface area contributed by atoms with Crippen LogP contribution in [0.3, 0.4) is 0 Å². The number of hydrogen-bond donors (Lipinski definition) is 1. The molecule has 0 spiro atoms. The number of aromatic nitrogens is 2. The summed E-state index contributed by atoms with van der Waals surface area (Å²) in [5, 5.41) is 7.29. The molecule has 0 saturated carbocycles. The molecule has 0 radical (unpaired) electrons. The van der Waals surface area contributed by atoms with Gasteiger partial charge in [0, 0.05) is 39.0 Å². The second kappa shape index (κ2) is 7.24. The van der Waals surface area contributed by atoms with Gasteiger partial charge in [-0.1, -0.05) is 0 Å². The second-order valence-corrected chi connectivity index (χ2v) is 6.53. The Morgan fingerprint density at radius 1 is 1.45 bits per heavy atom. The molecule has 1 N–H and O–H groups in total. The third-order valence-corrected chi connectivity index (χ3v) is 4.56. The van der Waals surface area contributed by atoms with Crippen molar-refractivity contribution in [1.29, 1.82) is 0 Å². The van der Waals surface area contributed by atoms with E-state index >= 15 is 0 Å². The number of carbonyl (C=O) groups is 1. The molecule has 1 amide bonds. The Kier molecular flexibility index (Phi) is 5.10. The van der Waals surface area contributed by atoms with Gasteiger partial charge in [0.05, 0.1) is 6.61 Å². The topological polar surface area (TPSA) is 59.4 Å². The van der Waals surface area contributed by atoms with E-state index < -0.39 is 0 Å². The molecule has 2 fully saturated rings. The average molecular weight is 306 g/mol. The van der Waals surface area contributed by atoms with Gasteiger partial charge in [0.25, 0.3) is 5.91 Å². The predicted octanol–water partition coefficient (Wildman–Crippen LogP) is 1.04. The lowest BCUT2D eigenvalue weighted by Crippen LogP contribution is -2.49. The van der Waals surface area contributed by atoms with Gasteiger partial charge in [0.15, 0.2) is 0 Å². The Morgan fingerprint density at radius 3 is 3.09 bits per heavy atom. The summed E-state index contributed by atoms with van der Waals surface area (Å²) in [5.74, 6) is 0.590. The Morgan fingerprint density at radius 2 is 2.36 bits per heavy atom. The first kappa shape index (κ1) is 15.5. The maximum atomic E-state index is 12.2. The third kappa shape index (κ3) is 4.08. The maximum Gasteiger partial charge on any atom is 0.272 e. The molecular formula is C16H26N4O2. The highest BCUT2D eigenvalue weighted by Gasteiger charge is 2.25. The number of carbonyl (C=O) groups excluding carboxylic acids is 1. The number of hydrogen-bond acceptors (Lipinski definition) is 4. The van der Waals surface area contributed by atoms with E-state index in [1.165, 1.54) is 12.8 Å². The van der Waals surface area contributed by atoms with Crippen LogP contribution in [0.4, 0.5) is 0 Å². The fourth-order valence-electron chi connectivity index (χ4n) is 3.45. The first-order valence-electron chi connectivity index (χ1n) is 8.31. The fourth-order valence-corrected chi connectivity index (χ4v) is 3.45. The predicted molar refractivity (Wildman–Crippen MR) is 83.7 cm³/mol. The summed E-state index contributed by atoms with van der Waals surface area (Å²) in [7, 11) is 1.82. The molecule has 22 heavy (non-hydrogen) atoms. The minimum absolute atomic E-state index is 0.0616. The Hall–Kier alpha value is -1.40. The van der Waals surface area contributed by atoms with Crippen molar-refractivity contribution in [3.8, 4) is 0 Å². The molecule has 0 bridgehead atoms. The molecule has 6 heteroatoms. The zero-order valence-electron chi connectivity index (χ0n) is 13.3. The number of amides is 1. The maximum absolute atomic E-state index is 12.2. The molecule has 2 aliphatic rings. The monoisotopic (exact) mass is 306 g/mol. The second-order valence-electron chi connectivity index (χ2n) is 6.53. The average Bonchev–Trinajstić information content (AvgIpc) is 2.95. The van der Waals surface area contributed by atoms with E-state index in [-0.39, 0.29) is 11.9 Å². The lowest BCUT2D eigenvalue weighted by atomic mass is 9.99. The molecule has 2 saturated heterocycles. The summed E-state index contributed by atoms with van der Waals surface area (Å²) in [5.41, 5.74) is 0.500. The highest BCUT2D eigenvalue weighted by molar-refractivity contribution is 5.92. The van der Waals surface area contributed by atoms with E-state index in [1.807, 2.05) is 7.05 Å². The largest absolute Gasteiger partial charge is 0.381 e. The van der Waals surface area contributed by atoms with Crippen molar-refractivity contribution < 1.29 is 9.53 Å². The summed E-state index contributed by atoms with van der Waals surface area (Å²) < 4.78 is 7.23. The van der Waals surface area contributed by atoms with Crippen molar-refractivity contribution in [2.75, 3.05) is 32.8 Å². The molecule has 0 aromatic carbocycles. The van der Waals surface area contributed by atoms with Gasteiger partial charge in [-0.2, -0.15) is 5.10 Å². The van der Waals surface area contributed by atoms with E-state index in [2.05, 4.69) is 15.3 Å². The normalized spacial score (nSPS) is 26.8. The van der Waals surface area contributed by atoms with Gasteiger partial charge in [0.2, 0.25) is 0 Å². The Labute approximate surface area is 131 Å². The van der Waals surface area contributed by atoms with Crippen LogP contribution in [0.25, 0.3) is 0 Å². The van der Waals surface area contributed by atoms with Gasteiger partial charge in [0.1, 0.15) is 5.69 Å². The quantitative estimate of drug-likeness (QED) is 0.903. The zero-order chi connectivity index (χ0) is 15.4. The van der Waals surface area contributed by atoms with Crippen LogP contribution >= 0.6 is 0 Å². The molecular weight excluding hydrogens is 280 g/mol. The molecule has 0 aliphatic carbocycles. The number of rotatable bonds is 4. The van der Waals surface area contributed by atoms with Crippen LogP contribution < -0.4 is 5.32 Å². The lowest BCUT2D eigenvalue weighted by molar-refractivity contribution is 0.0329. The van der Waals surface area contributed by atoms with Crippen molar-refractivity contribution in [2.45, 2.75) is 31.7 Å². The standard InChI is InChI=1S/C16H26N4O2/c1-19-8-6-15(18-19)16(21)17-14-5-2-7-20(11-14)10-13-4-3-9-22-12-13/h6,8,13-14H,2-5,7,9-12H2,1H3,(H,17,21). The highest BCUT2D eigenvalue weighted by atomic mass is 16.5. The molecule has 3 rings (SSSR count). The summed E-state index contributed by atoms with van der Waals surface area (Å²) in [6, 6.07) is 1.99. The molecule has 1 aromatic heterocycles. The Balaban J connectivity index is 1.48. The minimum atomic E-state index is -0.0616. The van der Waals surface area contributed by atoms with Crippen LogP contribution in [-0.2, 0) is 11.8 Å². The molecule has 6 nitrogen and oxygen atoms in total. The summed E-state index contributed by atoms with van der Waals surface area (Å²) in [4.78, 5) is 14.7. The van der Waals surface area contributed by atoms with E-state index in [0.717, 1.165) is 45.7 Å². The molecule has 2 unspecified atom stereocenters. The summed E-state index contributed by atoms with van der Waals surface area (Å²) in [6.07, 6.45) is 6.43. The first-order valence-corrected chi connectivity index (χ1v) is 8.31. The molecule has 3 heterocycles. The molecule has 2 atom stereocenters. The van der Waals surface area contributed by atoms with Crippen LogP contribution in [0.15, 0.2) is 12.3 Å². The van der Waals surface area contributed by atoms with Gasteiger partial charge in [-0.15, -0.1) is 0 Å². The first-order chi connectivity index (χ1) is 10.7. The Bertz CT molecular complexity index is 496. The third-order valence-electron chi connectivity index (χ3n) is 4.56. The number of ether oxygens (including phenoxy) is 1.